The molecule has 0 bridgehead atoms. The quantitative estimate of drug-likeness (QED) is 0.275. The van der Waals surface area contributed by atoms with Gasteiger partial charge in [-0.3, -0.25) is 4.79 Å². The normalized spacial score (nSPS) is 10.6. The lowest BCUT2D eigenvalue weighted by molar-refractivity contribution is 0.0731. The summed E-state index contributed by atoms with van der Waals surface area (Å²) in [4.78, 5) is 24.4. The molecular weight excluding hydrogens is 340 g/mol. The van der Waals surface area contributed by atoms with Crippen LogP contribution >= 0.6 is 0 Å². The third-order valence-electron chi connectivity index (χ3n) is 3.90. The number of allylic oxidation sites excluding steroid dienone is 1. The summed E-state index contributed by atoms with van der Waals surface area (Å²) in [6, 6.07) is 22.9. The Bertz CT molecular complexity index is 957. The van der Waals surface area contributed by atoms with Crippen molar-refractivity contribution in [2.24, 2.45) is 0 Å². The second-order valence-corrected chi connectivity index (χ2v) is 5.72. The molecule has 0 saturated heterocycles. The molecule has 4 nitrogen and oxygen atoms in total. The predicted octanol–water partition coefficient (Wildman–Crippen LogP) is 4.81. The van der Waals surface area contributed by atoms with E-state index in [0.29, 0.717) is 22.6 Å². The topological polar surface area (TPSA) is 52.6 Å². The van der Waals surface area contributed by atoms with Crippen molar-refractivity contribution in [2.45, 2.75) is 0 Å². The summed E-state index contributed by atoms with van der Waals surface area (Å²) in [6.07, 6.45) is 3.24. The highest BCUT2D eigenvalue weighted by molar-refractivity contribution is 6.06. The molecule has 27 heavy (non-hydrogen) atoms. The largest absolute Gasteiger partial charge is 0.496 e. The minimum absolute atomic E-state index is 0.0673. The smallest absolute Gasteiger partial charge is 0.347 e. The zero-order valence-electron chi connectivity index (χ0n) is 14.8. The van der Waals surface area contributed by atoms with E-state index < -0.39 is 5.97 Å². The van der Waals surface area contributed by atoms with Crippen LogP contribution in [-0.4, -0.2) is 18.9 Å². The molecule has 0 atom stereocenters. The first kappa shape index (κ1) is 18.1. The second-order valence-electron chi connectivity index (χ2n) is 5.72. The summed E-state index contributed by atoms with van der Waals surface area (Å²) in [5.74, 6) is 0.316. The van der Waals surface area contributed by atoms with Gasteiger partial charge in [0.25, 0.3) is 0 Å². The van der Waals surface area contributed by atoms with Crippen molar-refractivity contribution in [1.82, 2.24) is 0 Å². The number of esters is 1. The van der Waals surface area contributed by atoms with Crippen LogP contribution in [-0.2, 0) is 0 Å². The molecule has 3 aromatic carbocycles. The summed E-state index contributed by atoms with van der Waals surface area (Å²) >= 11 is 0. The predicted molar refractivity (Wildman–Crippen MR) is 104 cm³/mol. The Kier molecular flexibility index (Phi) is 5.80. The molecule has 0 aliphatic rings. The summed E-state index contributed by atoms with van der Waals surface area (Å²) < 4.78 is 10.6. The molecule has 3 aromatic rings. The monoisotopic (exact) mass is 358 g/mol. The summed E-state index contributed by atoms with van der Waals surface area (Å²) in [5, 5.41) is 0. The molecule has 0 spiro atoms. The van der Waals surface area contributed by atoms with Crippen molar-refractivity contribution < 1.29 is 19.1 Å². The van der Waals surface area contributed by atoms with Crippen LogP contribution in [0.15, 0.2) is 84.9 Å². The number of methoxy groups -OCH3 is 1. The van der Waals surface area contributed by atoms with E-state index in [2.05, 4.69) is 0 Å². The van der Waals surface area contributed by atoms with Crippen LogP contribution in [0.4, 0.5) is 0 Å². The van der Waals surface area contributed by atoms with Gasteiger partial charge in [0.2, 0.25) is 0 Å². The van der Waals surface area contributed by atoms with Gasteiger partial charge in [-0.05, 0) is 35.9 Å². The highest BCUT2D eigenvalue weighted by Crippen LogP contribution is 2.21. The van der Waals surface area contributed by atoms with Crippen LogP contribution in [0, 0.1) is 0 Å². The second kappa shape index (κ2) is 8.63. The van der Waals surface area contributed by atoms with Crippen molar-refractivity contribution in [1.29, 1.82) is 0 Å². The first-order valence-electron chi connectivity index (χ1n) is 8.40. The molecule has 0 aliphatic heterocycles. The fraction of sp³-hybridized carbons (Fsp3) is 0.0435. The number of rotatable bonds is 6. The summed E-state index contributed by atoms with van der Waals surface area (Å²) in [6.45, 7) is 0. The van der Waals surface area contributed by atoms with E-state index >= 15 is 0 Å². The minimum atomic E-state index is -0.491. The molecule has 0 saturated carbocycles. The molecule has 3 rings (SSSR count). The highest BCUT2D eigenvalue weighted by atomic mass is 16.5. The molecule has 0 N–H and O–H groups in total. The summed E-state index contributed by atoms with van der Waals surface area (Å²) in [7, 11) is 1.50. The minimum Gasteiger partial charge on any atom is -0.496 e. The van der Waals surface area contributed by atoms with Gasteiger partial charge in [-0.2, -0.15) is 0 Å². The van der Waals surface area contributed by atoms with E-state index in [0.717, 1.165) is 5.56 Å². The fourth-order valence-electron chi connectivity index (χ4n) is 2.49. The Morgan fingerprint density at radius 1 is 0.815 bits per heavy atom. The van der Waals surface area contributed by atoms with Gasteiger partial charge < -0.3 is 9.47 Å². The standard InChI is InChI=1S/C23H18O4/c1-26-22-10-6-5-9-20(22)23(25)27-19-14-11-17(12-15-19)13-16-21(24)18-7-3-2-4-8-18/h2-16H,1H3. The zero-order chi connectivity index (χ0) is 19.1. The lowest BCUT2D eigenvalue weighted by Gasteiger charge is -2.08. The average molecular weight is 358 g/mol. The average Bonchev–Trinajstić information content (AvgIpc) is 2.73. The lowest BCUT2D eigenvalue weighted by atomic mass is 10.1. The number of ether oxygens (including phenoxy) is 2. The third kappa shape index (κ3) is 4.70. The molecule has 0 amide bonds. The number of hydrogen-bond acceptors (Lipinski definition) is 4. The van der Waals surface area contributed by atoms with Crippen LogP contribution in [0.3, 0.4) is 0 Å². The number of benzene rings is 3. The van der Waals surface area contributed by atoms with Gasteiger partial charge in [-0.15, -0.1) is 0 Å². The fourth-order valence-corrected chi connectivity index (χ4v) is 2.49. The molecule has 134 valence electrons. The van der Waals surface area contributed by atoms with Gasteiger partial charge in [0.1, 0.15) is 17.1 Å². The number of para-hydroxylation sites is 1. The SMILES string of the molecule is COc1ccccc1C(=O)Oc1ccc(C=CC(=O)c2ccccc2)cc1. The lowest BCUT2D eigenvalue weighted by Crippen LogP contribution is -2.09. The van der Waals surface area contributed by atoms with Crippen molar-refractivity contribution >= 4 is 17.8 Å². The third-order valence-corrected chi connectivity index (χ3v) is 3.90. The Morgan fingerprint density at radius 3 is 2.19 bits per heavy atom. The Balaban J connectivity index is 1.66. The highest BCUT2D eigenvalue weighted by Gasteiger charge is 2.13. The van der Waals surface area contributed by atoms with E-state index in [9.17, 15) is 9.59 Å². The molecule has 0 heterocycles. The first-order chi connectivity index (χ1) is 13.2. The molecule has 0 fully saturated rings. The Hall–Kier alpha value is -3.66. The Morgan fingerprint density at radius 2 is 1.48 bits per heavy atom. The molecular formula is C23H18O4. The van der Waals surface area contributed by atoms with E-state index in [1.807, 2.05) is 18.2 Å². The van der Waals surface area contributed by atoms with Crippen LogP contribution in [0.1, 0.15) is 26.3 Å². The number of ketones is 1. The molecule has 0 unspecified atom stereocenters. The Labute approximate surface area is 157 Å². The van der Waals surface area contributed by atoms with E-state index in [1.165, 1.54) is 13.2 Å². The van der Waals surface area contributed by atoms with Crippen molar-refractivity contribution in [2.75, 3.05) is 7.11 Å². The maximum atomic E-state index is 12.3. The van der Waals surface area contributed by atoms with Gasteiger partial charge in [-0.1, -0.05) is 60.7 Å². The van der Waals surface area contributed by atoms with E-state index in [4.69, 9.17) is 9.47 Å². The van der Waals surface area contributed by atoms with Gasteiger partial charge in [0.15, 0.2) is 5.78 Å². The maximum Gasteiger partial charge on any atom is 0.347 e. The van der Waals surface area contributed by atoms with Crippen molar-refractivity contribution in [3.63, 3.8) is 0 Å². The van der Waals surface area contributed by atoms with Crippen LogP contribution < -0.4 is 9.47 Å². The van der Waals surface area contributed by atoms with E-state index in [-0.39, 0.29) is 5.78 Å². The molecule has 0 aromatic heterocycles. The van der Waals surface area contributed by atoms with Crippen LogP contribution in [0.25, 0.3) is 6.08 Å². The molecule has 0 aliphatic carbocycles. The zero-order valence-corrected chi connectivity index (χ0v) is 14.8. The molecule has 4 heteroatoms. The number of hydrogen-bond donors (Lipinski definition) is 0. The number of carbonyl (C=O) groups is 2. The maximum absolute atomic E-state index is 12.3. The van der Waals surface area contributed by atoms with Gasteiger partial charge >= 0.3 is 5.97 Å². The van der Waals surface area contributed by atoms with Gasteiger partial charge in [0.05, 0.1) is 7.11 Å². The number of carbonyl (C=O) groups excluding carboxylic acids is 2. The first-order valence-corrected chi connectivity index (χ1v) is 8.40. The van der Waals surface area contributed by atoms with Gasteiger partial charge in [0, 0.05) is 5.56 Å². The molecule has 0 radical (unpaired) electrons. The van der Waals surface area contributed by atoms with Crippen molar-refractivity contribution in [3.05, 3.63) is 102 Å². The summed E-state index contributed by atoms with van der Waals surface area (Å²) in [5.41, 5.74) is 1.82. The van der Waals surface area contributed by atoms with Crippen LogP contribution in [0.2, 0.25) is 0 Å². The van der Waals surface area contributed by atoms with Crippen LogP contribution in [0.5, 0.6) is 11.5 Å². The van der Waals surface area contributed by atoms with Crippen molar-refractivity contribution in [3.8, 4) is 11.5 Å². The van der Waals surface area contributed by atoms with E-state index in [1.54, 1.807) is 66.7 Å². The van der Waals surface area contributed by atoms with Gasteiger partial charge in [-0.25, -0.2) is 4.79 Å².